The zero-order valence-corrected chi connectivity index (χ0v) is 15.8. The van der Waals surface area contributed by atoms with Crippen LogP contribution in [0.2, 0.25) is 0 Å². The molecular formula is C18H20N2O6S. The van der Waals surface area contributed by atoms with Gasteiger partial charge in [-0.2, -0.15) is 0 Å². The molecule has 0 aromatic heterocycles. The Morgan fingerprint density at radius 1 is 1.37 bits per heavy atom. The molecular weight excluding hydrogens is 372 g/mol. The van der Waals surface area contributed by atoms with Crippen molar-refractivity contribution in [2.75, 3.05) is 7.11 Å². The molecule has 8 nitrogen and oxygen atoms in total. The fourth-order valence-electron chi connectivity index (χ4n) is 3.32. The second-order valence-corrected chi connectivity index (χ2v) is 8.62. The predicted molar refractivity (Wildman–Crippen MR) is 99.4 cm³/mol. The number of carbonyl (C=O) groups excluding carboxylic acids is 2. The number of benzene rings is 1. The highest BCUT2D eigenvalue weighted by Crippen LogP contribution is 2.50. The van der Waals surface area contributed by atoms with Gasteiger partial charge < -0.3 is 25.2 Å². The molecule has 0 unspecified atom stereocenters. The number of aromatic hydroxyl groups is 1. The number of carboxylic acids is 1. The van der Waals surface area contributed by atoms with E-state index in [1.54, 1.807) is 26.0 Å². The van der Waals surface area contributed by atoms with Gasteiger partial charge in [0.25, 0.3) is 0 Å². The molecule has 0 bridgehead atoms. The van der Waals surface area contributed by atoms with Gasteiger partial charge in [0.05, 0.1) is 7.11 Å². The molecule has 0 radical (unpaired) electrons. The molecule has 3 rings (SSSR count). The molecule has 2 aliphatic heterocycles. The maximum Gasteiger partial charge on any atom is 0.327 e. The third kappa shape index (κ3) is 3.34. The highest BCUT2D eigenvalue weighted by atomic mass is 32.2. The van der Waals surface area contributed by atoms with Crippen LogP contribution in [0.4, 0.5) is 0 Å². The van der Waals surface area contributed by atoms with E-state index in [4.69, 9.17) is 4.74 Å². The van der Waals surface area contributed by atoms with Gasteiger partial charge >= 0.3 is 5.97 Å². The number of methoxy groups -OCH3 is 1. The maximum absolute atomic E-state index is 12.3. The minimum Gasteiger partial charge on any atom is -0.504 e. The molecule has 2 heterocycles. The Hall–Kier alpha value is -2.68. The molecule has 0 saturated carbocycles. The number of hydrogen-bond donors (Lipinski definition) is 3. The number of phenols is 1. The van der Waals surface area contributed by atoms with E-state index in [9.17, 15) is 24.6 Å². The Morgan fingerprint density at radius 3 is 2.70 bits per heavy atom. The number of phenolic OH excluding ortho intramolecular Hbond substituents is 1. The van der Waals surface area contributed by atoms with Gasteiger partial charge in [0.2, 0.25) is 11.8 Å². The number of nitrogens with one attached hydrogen (secondary N) is 1. The number of β-lactam (4-membered cyclic amide) rings is 1. The van der Waals surface area contributed by atoms with E-state index in [0.717, 1.165) is 0 Å². The first-order valence-electron chi connectivity index (χ1n) is 8.24. The molecule has 1 aromatic carbocycles. The van der Waals surface area contributed by atoms with Crippen molar-refractivity contribution in [2.45, 2.75) is 36.1 Å². The third-order valence-electron chi connectivity index (χ3n) is 4.60. The van der Waals surface area contributed by atoms with E-state index in [0.29, 0.717) is 5.56 Å². The zero-order chi connectivity index (χ0) is 19.9. The standard InChI is InChI=1S/C18H20N2O6S/c1-18(2)14(17(24)25)20-15(23)13(16(20)27-18)19-12(22)7-5-9-4-6-10(21)11(8-9)26-3/h4-8,13-14,16,21H,1-3H3,(H,19,22)(H,24,25)/b7-5-/t13-,14+,16+/m1/s1. The summed E-state index contributed by atoms with van der Waals surface area (Å²) in [7, 11) is 1.42. The van der Waals surface area contributed by atoms with Crippen LogP contribution in [0, 0.1) is 0 Å². The van der Waals surface area contributed by atoms with Crippen molar-refractivity contribution in [2.24, 2.45) is 0 Å². The number of ether oxygens (including phenoxy) is 1. The average molecular weight is 392 g/mol. The normalized spacial score (nSPS) is 25.8. The first kappa shape index (κ1) is 19.1. The van der Waals surface area contributed by atoms with Crippen LogP contribution in [-0.4, -0.2) is 62.2 Å². The number of hydrogen-bond acceptors (Lipinski definition) is 6. The molecule has 2 aliphatic rings. The molecule has 144 valence electrons. The molecule has 2 saturated heterocycles. The molecule has 27 heavy (non-hydrogen) atoms. The highest BCUT2D eigenvalue weighted by molar-refractivity contribution is 8.01. The Morgan fingerprint density at radius 2 is 2.07 bits per heavy atom. The first-order chi connectivity index (χ1) is 12.7. The van der Waals surface area contributed by atoms with E-state index in [-0.39, 0.29) is 16.9 Å². The van der Waals surface area contributed by atoms with E-state index >= 15 is 0 Å². The summed E-state index contributed by atoms with van der Waals surface area (Å²) >= 11 is 1.37. The number of thioether (sulfide) groups is 1. The van der Waals surface area contributed by atoms with Crippen LogP contribution in [0.3, 0.4) is 0 Å². The SMILES string of the molecule is COc1cc(/C=C\C(=O)N[C@@H]2C(=O)N3[C@@H](C(=O)O)C(C)(C)S[C@@H]23)ccc1O. The molecule has 0 aliphatic carbocycles. The van der Waals surface area contributed by atoms with Crippen LogP contribution in [0.1, 0.15) is 19.4 Å². The first-order valence-corrected chi connectivity index (χ1v) is 9.12. The third-order valence-corrected chi connectivity index (χ3v) is 6.18. The largest absolute Gasteiger partial charge is 0.504 e. The molecule has 2 fully saturated rings. The minimum atomic E-state index is -1.05. The lowest BCUT2D eigenvalue weighted by atomic mass is 9.96. The van der Waals surface area contributed by atoms with E-state index in [1.807, 2.05) is 0 Å². The van der Waals surface area contributed by atoms with E-state index in [1.165, 1.54) is 42.0 Å². The van der Waals surface area contributed by atoms with Gasteiger partial charge in [-0.15, -0.1) is 11.8 Å². The molecule has 3 atom stereocenters. The number of fused-ring (bicyclic) bond motifs is 1. The Labute approximate surface area is 160 Å². The molecule has 3 N–H and O–H groups in total. The molecule has 2 amide bonds. The quantitative estimate of drug-likeness (QED) is 0.506. The number of nitrogens with zero attached hydrogens (tertiary/aromatic N) is 1. The van der Waals surface area contributed by atoms with Crippen molar-refractivity contribution in [3.05, 3.63) is 29.8 Å². The smallest absolute Gasteiger partial charge is 0.327 e. The summed E-state index contributed by atoms with van der Waals surface area (Å²) in [6.45, 7) is 3.55. The summed E-state index contributed by atoms with van der Waals surface area (Å²) in [4.78, 5) is 37.3. The van der Waals surface area contributed by atoms with Crippen LogP contribution in [-0.2, 0) is 14.4 Å². The Kier molecular flexibility index (Phi) is 4.81. The number of rotatable bonds is 5. The second-order valence-electron chi connectivity index (χ2n) is 6.85. The minimum absolute atomic E-state index is 0.00637. The summed E-state index contributed by atoms with van der Waals surface area (Å²) in [5.74, 6) is -1.62. The number of aliphatic carboxylic acids is 1. The van der Waals surface area contributed by atoms with Crippen molar-refractivity contribution in [3.63, 3.8) is 0 Å². The summed E-state index contributed by atoms with van der Waals surface area (Å²) in [6.07, 6.45) is 2.81. The van der Waals surface area contributed by atoms with Crippen molar-refractivity contribution >= 4 is 35.6 Å². The van der Waals surface area contributed by atoms with E-state index < -0.39 is 34.6 Å². The van der Waals surface area contributed by atoms with Crippen LogP contribution >= 0.6 is 11.8 Å². The van der Waals surface area contributed by atoms with Gasteiger partial charge in [-0.25, -0.2) is 4.79 Å². The lowest BCUT2D eigenvalue weighted by molar-refractivity contribution is -0.160. The number of carboxylic acid groups (broad SMARTS) is 1. The summed E-state index contributed by atoms with van der Waals surface area (Å²) in [5.41, 5.74) is 0.642. The topological polar surface area (TPSA) is 116 Å². The molecule has 9 heteroatoms. The fraction of sp³-hybridized carbons (Fsp3) is 0.389. The monoisotopic (exact) mass is 392 g/mol. The number of amides is 2. The second kappa shape index (κ2) is 6.80. The van der Waals surface area contributed by atoms with Gasteiger partial charge in [-0.1, -0.05) is 6.07 Å². The van der Waals surface area contributed by atoms with Crippen LogP contribution in [0.25, 0.3) is 6.08 Å². The van der Waals surface area contributed by atoms with Crippen molar-refractivity contribution in [1.82, 2.24) is 10.2 Å². The Bertz CT molecular complexity index is 837. The number of carbonyl (C=O) groups is 3. The highest BCUT2D eigenvalue weighted by Gasteiger charge is 2.64. The van der Waals surface area contributed by atoms with Crippen molar-refractivity contribution in [3.8, 4) is 11.5 Å². The fourth-order valence-corrected chi connectivity index (χ4v) is 4.94. The van der Waals surface area contributed by atoms with Gasteiger partial charge in [0, 0.05) is 10.8 Å². The lowest BCUT2D eigenvalue weighted by Crippen LogP contribution is -2.70. The van der Waals surface area contributed by atoms with Crippen molar-refractivity contribution < 1.29 is 29.3 Å². The molecule has 0 spiro atoms. The van der Waals surface area contributed by atoms with Gasteiger partial charge in [0.15, 0.2) is 11.5 Å². The zero-order valence-electron chi connectivity index (χ0n) is 15.0. The van der Waals surface area contributed by atoms with Gasteiger partial charge in [-0.3, -0.25) is 9.59 Å². The summed E-state index contributed by atoms with van der Waals surface area (Å²) in [5, 5.41) is 21.2. The van der Waals surface area contributed by atoms with Gasteiger partial charge in [0.1, 0.15) is 17.5 Å². The van der Waals surface area contributed by atoms with Gasteiger partial charge in [-0.05, 0) is 37.6 Å². The van der Waals surface area contributed by atoms with Crippen molar-refractivity contribution in [1.29, 1.82) is 0 Å². The molecule has 1 aromatic rings. The summed E-state index contributed by atoms with van der Waals surface area (Å²) in [6, 6.07) is 2.98. The predicted octanol–water partition coefficient (Wildman–Crippen LogP) is 1.05. The van der Waals surface area contributed by atoms with E-state index in [2.05, 4.69) is 5.32 Å². The lowest BCUT2D eigenvalue weighted by Gasteiger charge is -2.43. The average Bonchev–Trinajstić information content (AvgIpc) is 2.87. The van der Waals surface area contributed by atoms with Crippen LogP contribution in [0.15, 0.2) is 24.3 Å². The van der Waals surface area contributed by atoms with Crippen LogP contribution in [0.5, 0.6) is 11.5 Å². The van der Waals surface area contributed by atoms with Crippen LogP contribution < -0.4 is 10.1 Å². The maximum atomic E-state index is 12.3. The summed E-state index contributed by atoms with van der Waals surface area (Å²) < 4.78 is 4.37. The Balaban J connectivity index is 1.66.